The monoisotopic (exact) mass is 572 g/mol. The minimum absolute atomic E-state index is 0. The Balaban J connectivity index is 0. The van der Waals surface area contributed by atoms with E-state index in [0.717, 1.165) is 36.7 Å². The van der Waals surface area contributed by atoms with Gasteiger partial charge in [0, 0.05) is 11.0 Å². The van der Waals surface area contributed by atoms with Crippen molar-refractivity contribution in [1.29, 1.82) is 0 Å². The van der Waals surface area contributed by atoms with E-state index in [0.29, 0.717) is 13.0 Å². The summed E-state index contributed by atoms with van der Waals surface area (Å²) in [7, 11) is 0.786. The third kappa shape index (κ3) is 32.0. The van der Waals surface area contributed by atoms with Crippen molar-refractivity contribution < 1.29 is 37.0 Å². The van der Waals surface area contributed by atoms with Crippen molar-refractivity contribution in [2.24, 2.45) is 0 Å². The maximum Gasteiger partial charge on any atom is 0.728 e. The van der Waals surface area contributed by atoms with E-state index in [1.807, 2.05) is 0 Å². The van der Waals surface area contributed by atoms with Crippen LogP contribution in [0.25, 0.3) is 0 Å². The van der Waals surface area contributed by atoms with Gasteiger partial charge in [0.1, 0.15) is 16.4 Å². The van der Waals surface area contributed by atoms with E-state index in [1.54, 1.807) is 0 Å². The molecule has 0 radical (unpaired) electrons. The predicted molar refractivity (Wildman–Crippen MR) is 153 cm³/mol. The predicted octanol–water partition coefficient (Wildman–Crippen LogP) is 7.59. The van der Waals surface area contributed by atoms with Crippen molar-refractivity contribution in [2.45, 2.75) is 122 Å². The van der Waals surface area contributed by atoms with Crippen molar-refractivity contribution in [3.05, 3.63) is 0 Å². The SMILES string of the molecule is CCCCCCCCCCCCCCCCCCS(=O)(=O)CCCO[P+](=O)OOCCC[N+](C)(C)C.[OH-]. The van der Waals surface area contributed by atoms with Crippen LogP contribution < -0.4 is 0 Å². The zero-order chi connectivity index (χ0) is 27.0. The standard InChI is InChI=1S/C27H58NO6PS.H2O/c1-5-6-7-8-9-10-11-12-13-14-15-16-17-18-19-20-26-36(30,31)27-22-25-33-35(29)34-32-24-21-23-28(2,3)4;/h5-27H2,1-4H3;1H2/q+2;/p-1. The fourth-order valence-corrected chi connectivity index (χ4v) is 5.98. The zero-order valence-electron chi connectivity index (χ0n) is 24.5. The average Bonchev–Trinajstić information content (AvgIpc) is 2.80. The highest BCUT2D eigenvalue weighted by atomic mass is 32.2. The Kier molecular flexibility index (Phi) is 27.5. The highest BCUT2D eigenvalue weighted by molar-refractivity contribution is 7.91. The van der Waals surface area contributed by atoms with Gasteiger partial charge in [-0.3, -0.25) is 0 Å². The van der Waals surface area contributed by atoms with E-state index in [1.165, 1.54) is 83.5 Å². The zero-order valence-corrected chi connectivity index (χ0v) is 26.2. The van der Waals surface area contributed by atoms with Crippen LogP contribution in [0.4, 0.5) is 0 Å². The van der Waals surface area contributed by atoms with Gasteiger partial charge in [-0.25, -0.2) is 8.42 Å². The second-order valence-electron chi connectivity index (χ2n) is 11.1. The van der Waals surface area contributed by atoms with Gasteiger partial charge < -0.3 is 9.96 Å². The van der Waals surface area contributed by atoms with Crippen LogP contribution >= 0.6 is 8.25 Å². The van der Waals surface area contributed by atoms with Crippen molar-refractivity contribution in [3.8, 4) is 0 Å². The molecule has 0 aliphatic carbocycles. The van der Waals surface area contributed by atoms with Gasteiger partial charge in [0.2, 0.25) is 0 Å². The van der Waals surface area contributed by atoms with Gasteiger partial charge in [0.25, 0.3) is 0 Å². The van der Waals surface area contributed by atoms with Gasteiger partial charge in [0.05, 0.1) is 50.5 Å². The molecule has 0 rings (SSSR count). The molecule has 0 saturated carbocycles. The van der Waals surface area contributed by atoms with Crippen LogP contribution in [0, 0.1) is 0 Å². The summed E-state index contributed by atoms with van der Waals surface area (Å²) in [5, 5.41) is 0. The molecule has 0 bridgehead atoms. The Labute approximate surface area is 229 Å². The minimum Gasteiger partial charge on any atom is -0.870 e. The van der Waals surface area contributed by atoms with Crippen LogP contribution in [0.1, 0.15) is 122 Å². The minimum atomic E-state index is -3.09. The smallest absolute Gasteiger partial charge is 0.728 e. The molecule has 1 atom stereocenters. The summed E-state index contributed by atoms with van der Waals surface area (Å²) in [6, 6.07) is 0. The Hall–Kier alpha value is -0.150. The van der Waals surface area contributed by atoms with Crippen LogP contribution in [-0.2, 0) is 28.5 Å². The van der Waals surface area contributed by atoms with E-state index >= 15 is 0 Å². The van der Waals surface area contributed by atoms with E-state index in [2.05, 4.69) is 32.7 Å². The molecule has 37 heavy (non-hydrogen) atoms. The molecule has 0 amide bonds. The maximum absolute atomic E-state index is 12.2. The molecule has 224 valence electrons. The lowest BCUT2D eigenvalue weighted by Gasteiger charge is -2.23. The second-order valence-corrected chi connectivity index (χ2v) is 14.3. The summed E-state index contributed by atoms with van der Waals surface area (Å²) >= 11 is 0. The highest BCUT2D eigenvalue weighted by Crippen LogP contribution is 2.24. The lowest BCUT2D eigenvalue weighted by Crippen LogP contribution is -2.35. The topological polar surface area (TPSA) is 109 Å². The van der Waals surface area contributed by atoms with Gasteiger partial charge in [-0.1, -0.05) is 103 Å². The van der Waals surface area contributed by atoms with Crippen LogP contribution in [0.3, 0.4) is 0 Å². The van der Waals surface area contributed by atoms with Gasteiger partial charge in [-0.15, -0.1) is 4.52 Å². The number of sulfone groups is 1. The number of hydrogen-bond donors (Lipinski definition) is 0. The fourth-order valence-electron chi connectivity index (χ4n) is 4.09. The number of rotatable bonds is 28. The molecule has 8 nitrogen and oxygen atoms in total. The molecule has 1 N–H and O–H groups in total. The van der Waals surface area contributed by atoms with E-state index in [-0.39, 0.29) is 23.6 Å². The summed E-state index contributed by atoms with van der Waals surface area (Å²) in [6.07, 6.45) is 21.5. The molecule has 1 unspecified atom stereocenters. The van der Waals surface area contributed by atoms with Crippen molar-refractivity contribution >= 4 is 18.1 Å². The fraction of sp³-hybridized carbons (Fsp3) is 1.00. The maximum atomic E-state index is 12.2. The Morgan fingerprint density at radius 3 is 1.51 bits per heavy atom. The number of unbranched alkanes of at least 4 members (excludes halogenated alkanes) is 15. The van der Waals surface area contributed by atoms with Crippen LogP contribution in [0.15, 0.2) is 0 Å². The average molecular weight is 573 g/mol. The third-order valence-electron chi connectivity index (χ3n) is 6.28. The summed E-state index contributed by atoms with van der Waals surface area (Å²) in [5.74, 6) is 0.281. The molecule has 10 heteroatoms. The highest BCUT2D eigenvalue weighted by Gasteiger charge is 2.23. The Morgan fingerprint density at radius 1 is 0.622 bits per heavy atom. The summed E-state index contributed by atoms with van der Waals surface area (Å²) < 4.78 is 46.4. The number of hydrogen-bond acceptors (Lipinski definition) is 7. The molecular formula is C27H59NO7PS+. The van der Waals surface area contributed by atoms with Crippen molar-refractivity contribution in [1.82, 2.24) is 0 Å². The van der Waals surface area contributed by atoms with E-state index in [4.69, 9.17) is 9.41 Å². The quantitative estimate of drug-likeness (QED) is 0.0312. The van der Waals surface area contributed by atoms with Crippen LogP contribution in [-0.4, -0.2) is 70.8 Å². The molecular weight excluding hydrogens is 513 g/mol. The first-order chi connectivity index (χ1) is 17.2. The molecule has 0 aromatic heterocycles. The first-order valence-electron chi connectivity index (χ1n) is 14.6. The largest absolute Gasteiger partial charge is 0.870 e. The van der Waals surface area contributed by atoms with Gasteiger partial charge in [-0.2, -0.15) is 4.89 Å². The molecule has 0 spiro atoms. The van der Waals surface area contributed by atoms with Gasteiger partial charge in [0.15, 0.2) is 0 Å². The summed E-state index contributed by atoms with van der Waals surface area (Å²) in [6.45, 7) is 3.60. The van der Waals surface area contributed by atoms with Crippen molar-refractivity contribution in [2.75, 3.05) is 52.4 Å². The van der Waals surface area contributed by atoms with E-state index < -0.39 is 18.1 Å². The molecule has 0 aromatic rings. The van der Waals surface area contributed by atoms with Crippen LogP contribution in [0.2, 0.25) is 0 Å². The van der Waals surface area contributed by atoms with Crippen molar-refractivity contribution in [3.63, 3.8) is 0 Å². The lowest BCUT2D eigenvalue weighted by atomic mass is 10.0. The lowest BCUT2D eigenvalue weighted by molar-refractivity contribution is -0.870. The molecule has 0 heterocycles. The molecule has 0 fully saturated rings. The van der Waals surface area contributed by atoms with E-state index in [9.17, 15) is 13.0 Å². The molecule has 0 aliphatic rings. The Bertz CT molecular complexity index is 612. The number of nitrogens with zero attached hydrogens (tertiary/aromatic N) is 1. The third-order valence-corrected chi connectivity index (χ3v) is 8.72. The Morgan fingerprint density at radius 2 is 1.05 bits per heavy atom. The number of quaternary nitrogens is 1. The normalized spacial score (nSPS) is 12.5. The second kappa shape index (κ2) is 26.1. The molecule has 0 saturated heterocycles. The molecule has 0 aromatic carbocycles. The van der Waals surface area contributed by atoms with Gasteiger partial charge >= 0.3 is 8.25 Å². The van der Waals surface area contributed by atoms with Crippen LogP contribution in [0.5, 0.6) is 0 Å². The summed E-state index contributed by atoms with van der Waals surface area (Å²) in [5.41, 5.74) is 0. The first kappa shape index (κ1) is 39.0. The molecule has 0 aliphatic heterocycles. The van der Waals surface area contributed by atoms with Gasteiger partial charge in [-0.05, 0) is 12.8 Å². The first-order valence-corrected chi connectivity index (χ1v) is 17.5. The summed E-state index contributed by atoms with van der Waals surface area (Å²) in [4.78, 5) is 4.89.